The zero-order valence-electron chi connectivity index (χ0n) is 7.58. The van der Waals surface area contributed by atoms with Crippen molar-refractivity contribution >= 4 is 18.4 Å². The lowest BCUT2D eigenvalue weighted by molar-refractivity contribution is -0.153. The third-order valence-electron chi connectivity index (χ3n) is 3.30. The normalized spacial score (nSPS) is 37.7. The van der Waals surface area contributed by atoms with Crippen LogP contribution < -0.4 is 5.32 Å². The highest BCUT2D eigenvalue weighted by molar-refractivity contribution is 5.85. The quantitative estimate of drug-likeness (QED) is 0.678. The summed E-state index contributed by atoms with van der Waals surface area (Å²) in [5, 5.41) is 12.3. The van der Waals surface area contributed by atoms with Gasteiger partial charge in [0.05, 0.1) is 5.41 Å². The summed E-state index contributed by atoms with van der Waals surface area (Å²) in [7, 11) is 0. The second kappa shape index (κ2) is 3.84. The Morgan fingerprint density at radius 1 is 1.54 bits per heavy atom. The Hall–Kier alpha value is -0.280. The number of carboxylic acids is 1. The number of rotatable bonds is 1. The number of piperidine rings is 1. The first-order valence-electron chi connectivity index (χ1n) is 4.67. The molecule has 2 unspecified atom stereocenters. The summed E-state index contributed by atoms with van der Waals surface area (Å²) in [6, 6.07) is 0. The number of carboxylic acid groups (broad SMARTS) is 1. The smallest absolute Gasteiger partial charge is 0.310 e. The van der Waals surface area contributed by atoms with Gasteiger partial charge >= 0.3 is 5.97 Å². The van der Waals surface area contributed by atoms with Gasteiger partial charge in [-0.25, -0.2) is 0 Å². The van der Waals surface area contributed by atoms with Crippen molar-refractivity contribution in [1.29, 1.82) is 0 Å². The van der Waals surface area contributed by atoms with Gasteiger partial charge in [-0.2, -0.15) is 0 Å². The van der Waals surface area contributed by atoms with Gasteiger partial charge in [0.1, 0.15) is 0 Å². The van der Waals surface area contributed by atoms with Gasteiger partial charge in [-0.1, -0.05) is 6.42 Å². The third-order valence-corrected chi connectivity index (χ3v) is 3.30. The van der Waals surface area contributed by atoms with Crippen LogP contribution in [-0.4, -0.2) is 24.2 Å². The molecule has 1 saturated carbocycles. The van der Waals surface area contributed by atoms with Crippen LogP contribution in [0.5, 0.6) is 0 Å². The van der Waals surface area contributed by atoms with E-state index in [0.717, 1.165) is 25.8 Å². The van der Waals surface area contributed by atoms with Crippen molar-refractivity contribution in [2.75, 3.05) is 13.1 Å². The fourth-order valence-electron chi connectivity index (χ4n) is 2.61. The van der Waals surface area contributed by atoms with Gasteiger partial charge in [-0.3, -0.25) is 4.79 Å². The van der Waals surface area contributed by atoms with E-state index >= 15 is 0 Å². The summed E-state index contributed by atoms with van der Waals surface area (Å²) in [6.07, 6.45) is 4.07. The van der Waals surface area contributed by atoms with E-state index in [1.54, 1.807) is 0 Å². The van der Waals surface area contributed by atoms with Gasteiger partial charge in [0.25, 0.3) is 0 Å². The number of hydrogen-bond donors (Lipinski definition) is 2. The molecule has 2 N–H and O–H groups in total. The Bertz CT molecular complexity index is 198. The fraction of sp³-hybridized carbons (Fsp3) is 0.889. The Balaban J connectivity index is 0.000000845. The van der Waals surface area contributed by atoms with Gasteiger partial charge < -0.3 is 10.4 Å². The molecule has 0 amide bonds. The minimum absolute atomic E-state index is 0. The van der Waals surface area contributed by atoms with E-state index in [4.69, 9.17) is 5.11 Å². The molecule has 0 aromatic rings. The van der Waals surface area contributed by atoms with E-state index in [9.17, 15) is 4.79 Å². The van der Waals surface area contributed by atoms with Crippen LogP contribution in [0.25, 0.3) is 0 Å². The molecule has 1 saturated heterocycles. The van der Waals surface area contributed by atoms with Crippen LogP contribution in [0.3, 0.4) is 0 Å². The van der Waals surface area contributed by atoms with E-state index in [1.165, 1.54) is 6.42 Å². The second-order valence-electron chi connectivity index (χ2n) is 4.18. The van der Waals surface area contributed by atoms with Crippen molar-refractivity contribution in [3.63, 3.8) is 0 Å². The molecule has 76 valence electrons. The largest absolute Gasteiger partial charge is 0.481 e. The lowest BCUT2D eigenvalue weighted by Crippen LogP contribution is -2.51. The van der Waals surface area contributed by atoms with Crippen molar-refractivity contribution in [1.82, 2.24) is 5.32 Å². The zero-order valence-corrected chi connectivity index (χ0v) is 8.40. The Morgan fingerprint density at radius 3 is 2.92 bits per heavy atom. The molecule has 0 spiro atoms. The van der Waals surface area contributed by atoms with Crippen molar-refractivity contribution in [3.8, 4) is 0 Å². The summed E-state index contributed by atoms with van der Waals surface area (Å²) >= 11 is 0. The van der Waals surface area contributed by atoms with Gasteiger partial charge in [0.15, 0.2) is 0 Å². The number of nitrogens with one attached hydrogen (secondary N) is 1. The summed E-state index contributed by atoms with van der Waals surface area (Å²) < 4.78 is 0. The minimum Gasteiger partial charge on any atom is -0.481 e. The molecule has 1 aliphatic heterocycles. The molecule has 2 fully saturated rings. The van der Waals surface area contributed by atoms with Crippen LogP contribution in [0.15, 0.2) is 0 Å². The van der Waals surface area contributed by atoms with Gasteiger partial charge in [-0.15, -0.1) is 12.4 Å². The molecule has 0 radical (unpaired) electrons. The van der Waals surface area contributed by atoms with Crippen LogP contribution in [0.4, 0.5) is 0 Å². The van der Waals surface area contributed by atoms with Crippen LogP contribution in [0.2, 0.25) is 0 Å². The first kappa shape index (κ1) is 10.8. The first-order valence-corrected chi connectivity index (χ1v) is 4.67. The first-order chi connectivity index (χ1) is 5.73. The molecule has 2 bridgehead atoms. The summed E-state index contributed by atoms with van der Waals surface area (Å²) in [5.74, 6) is 0.0167. The Labute approximate surface area is 84.3 Å². The molecule has 0 aromatic heterocycles. The summed E-state index contributed by atoms with van der Waals surface area (Å²) in [6.45, 7) is 1.70. The molecule has 13 heavy (non-hydrogen) atoms. The summed E-state index contributed by atoms with van der Waals surface area (Å²) in [4.78, 5) is 11.0. The number of fused-ring (bicyclic) bond motifs is 2. The maximum absolute atomic E-state index is 11.0. The van der Waals surface area contributed by atoms with Crippen LogP contribution in [-0.2, 0) is 4.79 Å². The highest BCUT2D eigenvalue weighted by atomic mass is 35.5. The van der Waals surface area contributed by atoms with E-state index in [-0.39, 0.29) is 12.4 Å². The van der Waals surface area contributed by atoms with Crippen molar-refractivity contribution in [2.45, 2.75) is 25.7 Å². The third kappa shape index (κ3) is 1.81. The highest BCUT2D eigenvalue weighted by Crippen LogP contribution is 2.41. The van der Waals surface area contributed by atoms with E-state index in [1.807, 2.05) is 0 Å². The number of halogens is 1. The average molecular weight is 206 g/mol. The molecule has 4 heteroatoms. The molecule has 0 aromatic carbocycles. The van der Waals surface area contributed by atoms with Crippen LogP contribution in [0, 0.1) is 11.3 Å². The maximum Gasteiger partial charge on any atom is 0.310 e. The lowest BCUT2D eigenvalue weighted by atomic mass is 9.67. The zero-order chi connectivity index (χ0) is 8.60. The molecule has 2 rings (SSSR count). The van der Waals surface area contributed by atoms with Crippen LogP contribution >= 0.6 is 12.4 Å². The standard InChI is InChI=1S/C9H15NO2.ClH/c11-8(12)9-3-1-2-7(4-9)5-10-6-9;/h7,10H,1-6H2,(H,11,12);1H. The van der Waals surface area contributed by atoms with Gasteiger partial charge in [0.2, 0.25) is 0 Å². The van der Waals surface area contributed by atoms with Crippen molar-refractivity contribution < 1.29 is 9.90 Å². The van der Waals surface area contributed by atoms with E-state index in [0.29, 0.717) is 12.5 Å². The SMILES string of the molecule is Cl.O=C(O)C12CCCC(CNC1)C2. The predicted molar refractivity (Wildman–Crippen MR) is 52.1 cm³/mol. The number of carbonyl (C=O) groups is 1. The van der Waals surface area contributed by atoms with Gasteiger partial charge in [0, 0.05) is 6.54 Å². The predicted octanol–water partition coefficient (Wildman–Crippen LogP) is 1.27. The van der Waals surface area contributed by atoms with E-state index < -0.39 is 11.4 Å². The van der Waals surface area contributed by atoms with Crippen molar-refractivity contribution in [2.24, 2.45) is 11.3 Å². The molecule has 1 heterocycles. The monoisotopic (exact) mass is 205 g/mol. The number of hydrogen-bond acceptors (Lipinski definition) is 2. The number of aliphatic carboxylic acids is 1. The average Bonchev–Trinajstić information content (AvgIpc) is 2.04. The molecule has 2 atom stereocenters. The Morgan fingerprint density at radius 2 is 2.31 bits per heavy atom. The van der Waals surface area contributed by atoms with Crippen molar-refractivity contribution in [3.05, 3.63) is 0 Å². The minimum atomic E-state index is -0.598. The molecular formula is C9H16ClNO2. The molecule has 2 aliphatic rings. The highest BCUT2D eigenvalue weighted by Gasteiger charge is 2.44. The van der Waals surface area contributed by atoms with Crippen LogP contribution in [0.1, 0.15) is 25.7 Å². The topological polar surface area (TPSA) is 49.3 Å². The Kier molecular flexibility index (Phi) is 3.19. The fourth-order valence-corrected chi connectivity index (χ4v) is 2.61. The molecule has 1 aliphatic carbocycles. The van der Waals surface area contributed by atoms with E-state index in [2.05, 4.69) is 5.32 Å². The second-order valence-corrected chi connectivity index (χ2v) is 4.18. The molecule has 3 nitrogen and oxygen atoms in total. The lowest BCUT2D eigenvalue weighted by Gasteiger charge is -2.42. The van der Waals surface area contributed by atoms with Gasteiger partial charge in [-0.05, 0) is 31.7 Å². The maximum atomic E-state index is 11.0. The molecular weight excluding hydrogens is 190 g/mol. The summed E-state index contributed by atoms with van der Waals surface area (Å²) in [5.41, 5.74) is -0.416.